The van der Waals surface area contributed by atoms with Gasteiger partial charge in [0.15, 0.2) is 11.1 Å². The third-order valence-electron chi connectivity index (χ3n) is 11.2. The van der Waals surface area contributed by atoms with Gasteiger partial charge in [0.05, 0.1) is 15.7 Å². The second kappa shape index (κ2) is 16.1. The van der Waals surface area contributed by atoms with Crippen LogP contribution in [0.15, 0.2) is 124 Å². The number of nitrogens with two attached hydrogens (primary N) is 2. The van der Waals surface area contributed by atoms with Crippen molar-refractivity contribution in [3.63, 3.8) is 0 Å². The van der Waals surface area contributed by atoms with E-state index >= 15 is 0 Å². The summed E-state index contributed by atoms with van der Waals surface area (Å²) in [5.74, 6) is 3.93. The molecule has 2 atom stereocenters. The largest absolute Gasteiger partial charge is 0.490 e. The van der Waals surface area contributed by atoms with E-state index in [9.17, 15) is 10.2 Å². The van der Waals surface area contributed by atoms with Crippen LogP contribution in [-0.2, 0) is 20.6 Å². The van der Waals surface area contributed by atoms with Gasteiger partial charge < -0.3 is 50.1 Å². The molecule has 15 heteroatoms. The van der Waals surface area contributed by atoms with Gasteiger partial charge in [0.25, 0.3) is 12.0 Å². The number of aliphatic hydroxyl groups is 2. The van der Waals surface area contributed by atoms with Crippen molar-refractivity contribution in [3.8, 4) is 56.8 Å². The number of benzene rings is 4. The minimum Gasteiger partial charge on any atom is -0.490 e. The van der Waals surface area contributed by atoms with Crippen LogP contribution >= 0.6 is 15.9 Å². The fraction of sp³-hybridized carbons (Fsp3) is 0.265. The summed E-state index contributed by atoms with van der Waals surface area (Å²) in [5, 5.41) is 20.2. The molecule has 10 rings (SSSR count). The molecule has 0 bridgehead atoms. The Morgan fingerprint density at radius 2 is 1.08 bits per heavy atom. The third-order valence-corrected chi connectivity index (χ3v) is 12.0. The minimum absolute atomic E-state index is 0.116. The lowest BCUT2D eigenvalue weighted by molar-refractivity contribution is 0.0278. The Bertz CT molecular complexity index is 2640. The molecule has 2 aromatic heterocycles. The van der Waals surface area contributed by atoms with Crippen LogP contribution in [0, 0.1) is 6.92 Å². The number of halogens is 1. The van der Waals surface area contributed by atoms with Crippen molar-refractivity contribution in [2.24, 2.45) is 21.5 Å². The summed E-state index contributed by atoms with van der Waals surface area (Å²) in [6.45, 7) is 9.52. The van der Waals surface area contributed by atoms with Gasteiger partial charge >= 0.3 is 0 Å². The number of rotatable bonds is 8. The van der Waals surface area contributed by atoms with E-state index in [4.69, 9.17) is 49.9 Å². The van der Waals surface area contributed by atoms with Crippen LogP contribution in [0.2, 0.25) is 0 Å². The quantitative estimate of drug-likeness (QED) is 0.114. The Morgan fingerprint density at radius 1 is 0.625 bits per heavy atom. The number of nitrogens with zero attached hydrogens (tertiary/aromatic N) is 4. The lowest BCUT2D eigenvalue weighted by atomic mass is 9.78. The average molecular weight is 928 g/mol. The van der Waals surface area contributed by atoms with Gasteiger partial charge in [-0.2, -0.15) is 0 Å². The van der Waals surface area contributed by atoms with Crippen LogP contribution in [0.3, 0.4) is 0 Å². The first-order valence-corrected chi connectivity index (χ1v) is 21.4. The average Bonchev–Trinajstić information content (AvgIpc) is 3.85. The molecule has 0 aliphatic carbocycles. The van der Waals surface area contributed by atoms with E-state index in [1.165, 1.54) is 0 Å². The molecule has 0 amide bonds. The molecular weight excluding hydrogens is 880 g/mol. The Hall–Kier alpha value is -6.68. The second-order valence-electron chi connectivity index (χ2n) is 17.3. The fourth-order valence-corrected chi connectivity index (χ4v) is 9.03. The highest BCUT2D eigenvalue weighted by Crippen LogP contribution is 2.56. The van der Waals surface area contributed by atoms with E-state index in [1.54, 1.807) is 46.2 Å². The van der Waals surface area contributed by atoms with Crippen molar-refractivity contribution >= 4 is 28.0 Å². The molecule has 0 saturated heterocycles. The van der Waals surface area contributed by atoms with E-state index in [0.29, 0.717) is 39.0 Å². The van der Waals surface area contributed by atoms with E-state index in [1.807, 2.05) is 92.1 Å². The Kier molecular flexibility index (Phi) is 10.8. The zero-order valence-electron chi connectivity index (χ0n) is 35.9. The molecule has 0 fully saturated rings. The first kappa shape index (κ1) is 42.6. The maximum atomic E-state index is 10.1. The molecule has 14 nitrogen and oxygen atoms in total. The number of fused-ring (bicyclic) bond motifs is 8. The SMILES string of the molecule is CC(C)(O)COc1ccc2c(c1Br)[C@]1(COC(N)=N1)c1cc(-c3cccnc3)ccc1O2.Cc1c(OCC(C)(C)O)ccc2c1[C@]1(COC(N)=N1)c1cc(-c3cccnc3)ccc1O2. The molecule has 328 valence electrons. The third kappa shape index (κ3) is 7.95. The highest BCUT2D eigenvalue weighted by Gasteiger charge is 2.50. The lowest BCUT2D eigenvalue weighted by Gasteiger charge is -2.35. The predicted molar refractivity (Wildman–Crippen MR) is 245 cm³/mol. The zero-order chi connectivity index (χ0) is 45.0. The van der Waals surface area contributed by atoms with Crippen molar-refractivity contribution in [1.82, 2.24) is 9.97 Å². The first-order valence-electron chi connectivity index (χ1n) is 20.6. The second-order valence-corrected chi connectivity index (χ2v) is 18.1. The van der Waals surface area contributed by atoms with E-state index in [2.05, 4.69) is 32.0 Å². The number of ether oxygens (including phenoxy) is 6. The molecule has 4 aliphatic rings. The minimum atomic E-state index is -0.978. The van der Waals surface area contributed by atoms with Gasteiger partial charge in [-0.1, -0.05) is 24.3 Å². The van der Waals surface area contributed by atoms with Crippen LogP contribution < -0.4 is 30.4 Å². The predicted octanol–water partition coefficient (Wildman–Crippen LogP) is 8.26. The molecule has 6 aromatic rings. The van der Waals surface area contributed by atoms with Crippen LogP contribution in [0.5, 0.6) is 34.5 Å². The highest BCUT2D eigenvalue weighted by atomic mass is 79.9. The number of pyridine rings is 2. The molecule has 6 N–H and O–H groups in total. The Balaban J connectivity index is 0.000000162. The Morgan fingerprint density at radius 3 is 1.53 bits per heavy atom. The number of hydrogen-bond acceptors (Lipinski definition) is 14. The maximum absolute atomic E-state index is 10.1. The van der Waals surface area contributed by atoms with Gasteiger partial charge in [-0.05, 0) is 122 Å². The van der Waals surface area contributed by atoms with E-state index < -0.39 is 22.3 Å². The summed E-state index contributed by atoms with van der Waals surface area (Å²) in [6.07, 6.45) is 7.12. The van der Waals surface area contributed by atoms with Crippen LogP contribution in [0.25, 0.3) is 22.3 Å². The molecule has 4 aliphatic heterocycles. The summed E-state index contributed by atoms with van der Waals surface area (Å²) >= 11 is 3.69. The lowest BCUT2D eigenvalue weighted by Crippen LogP contribution is -2.32. The molecule has 0 unspecified atom stereocenters. The molecule has 64 heavy (non-hydrogen) atoms. The van der Waals surface area contributed by atoms with Gasteiger partial charge in [-0.25, -0.2) is 9.98 Å². The standard InChI is InChI=1S/C25H25N3O4.C24H22BrN3O4/c1-15-19(30-13-24(2,3)29)8-9-21-22(15)25(14-31-23(26)28-25)18-11-16(6-7-20(18)32-21)17-5-4-10-27-12-17;1-23(2,29)12-30-19-8-7-18-20(21(19)25)24(13-31-22(26)28-24)16-10-14(5-6-17(16)32-18)15-4-3-9-27-11-15/h4-12,29H,13-14H2,1-3H3,(H2,26,28);3-11,29H,12-13H2,1-2H3,(H2,26,28)/t25-;24-/m00/s1. The first-order chi connectivity index (χ1) is 30.5. The van der Waals surface area contributed by atoms with E-state index in [-0.39, 0.29) is 38.5 Å². The topological polar surface area (TPSA) is 198 Å². The summed E-state index contributed by atoms with van der Waals surface area (Å²) in [4.78, 5) is 18.0. The number of hydrogen-bond donors (Lipinski definition) is 4. The normalized spacial score (nSPS) is 18.9. The monoisotopic (exact) mass is 926 g/mol. The van der Waals surface area contributed by atoms with Crippen LogP contribution in [0.4, 0.5) is 0 Å². The maximum Gasteiger partial charge on any atom is 0.283 e. The van der Waals surface area contributed by atoms with E-state index in [0.717, 1.165) is 50.1 Å². The van der Waals surface area contributed by atoms with Crippen molar-refractivity contribution < 1.29 is 38.6 Å². The van der Waals surface area contributed by atoms with Gasteiger partial charge in [0.2, 0.25) is 0 Å². The van der Waals surface area contributed by atoms with Crippen molar-refractivity contribution in [1.29, 1.82) is 0 Å². The molecule has 2 spiro atoms. The fourth-order valence-electron chi connectivity index (χ4n) is 8.26. The number of aromatic nitrogens is 2. The van der Waals surface area contributed by atoms with Gasteiger partial charge in [-0.3, -0.25) is 9.97 Å². The van der Waals surface area contributed by atoms with Crippen LogP contribution in [0.1, 0.15) is 55.5 Å². The summed E-state index contributed by atoms with van der Waals surface area (Å²) in [6, 6.07) is 27.4. The summed E-state index contributed by atoms with van der Waals surface area (Å²) in [5.41, 5.74) is 16.5. The van der Waals surface area contributed by atoms with Gasteiger partial charge in [0.1, 0.15) is 60.9 Å². The van der Waals surface area contributed by atoms with Gasteiger partial charge in [-0.15, -0.1) is 0 Å². The molecular formula is C49H47BrN6O8. The molecule has 4 aromatic carbocycles. The highest BCUT2D eigenvalue weighted by molar-refractivity contribution is 9.10. The number of amidine groups is 2. The van der Waals surface area contributed by atoms with Gasteiger partial charge in [0, 0.05) is 63.7 Å². The summed E-state index contributed by atoms with van der Waals surface area (Å²) < 4.78 is 36.4. The van der Waals surface area contributed by atoms with Crippen molar-refractivity contribution in [2.45, 2.75) is 56.9 Å². The smallest absolute Gasteiger partial charge is 0.283 e. The van der Waals surface area contributed by atoms with Crippen molar-refractivity contribution in [3.05, 3.63) is 142 Å². The van der Waals surface area contributed by atoms with Crippen molar-refractivity contribution in [2.75, 3.05) is 26.4 Å². The Labute approximate surface area is 378 Å². The zero-order valence-corrected chi connectivity index (χ0v) is 37.5. The summed E-state index contributed by atoms with van der Waals surface area (Å²) in [7, 11) is 0. The number of aliphatic imine (C=N–C) groups is 2. The van der Waals surface area contributed by atoms with Crippen LogP contribution in [-0.4, -0.2) is 69.9 Å². The molecule has 0 radical (unpaired) electrons. The molecule has 0 saturated carbocycles. The molecule has 6 heterocycles.